The number of nitrogens with zero attached hydrogens (tertiary/aromatic N) is 2. The molecule has 0 spiro atoms. The summed E-state index contributed by atoms with van der Waals surface area (Å²) in [5.41, 5.74) is 15.7. The van der Waals surface area contributed by atoms with Crippen molar-refractivity contribution < 1.29 is 0 Å². The van der Waals surface area contributed by atoms with Crippen molar-refractivity contribution in [1.82, 2.24) is 0 Å². The fraction of sp³-hybridized carbons (Fsp3) is 0.750. The van der Waals surface area contributed by atoms with Crippen molar-refractivity contribution in [3.63, 3.8) is 0 Å². The molecule has 1 rings (SSSR count). The Morgan fingerprint density at radius 2 is 1.77 bits per heavy atom. The maximum absolute atomic E-state index is 5.53. The zero-order valence-corrected chi connectivity index (χ0v) is 8.12. The molecule has 0 heterocycles. The van der Waals surface area contributed by atoms with Gasteiger partial charge in [-0.2, -0.15) is 4.99 Å². The lowest BCUT2D eigenvalue weighted by Crippen LogP contribution is -2.29. The number of hydrogen-bond donors (Lipinski definition) is 3. The fourth-order valence-corrected chi connectivity index (χ4v) is 1.33. The first-order valence-corrected chi connectivity index (χ1v) is 4.37. The van der Waals surface area contributed by atoms with Crippen LogP contribution in [0.1, 0.15) is 26.7 Å². The maximum Gasteiger partial charge on any atom is 0.219 e. The van der Waals surface area contributed by atoms with Crippen molar-refractivity contribution in [1.29, 1.82) is 0 Å². The molecule has 0 radical (unpaired) electrons. The summed E-state index contributed by atoms with van der Waals surface area (Å²) in [6.07, 6.45) is 2.43. The number of hydrogen-bond acceptors (Lipinski definition) is 1. The van der Waals surface area contributed by atoms with E-state index in [4.69, 9.17) is 17.2 Å². The van der Waals surface area contributed by atoms with Crippen LogP contribution in [0.2, 0.25) is 0 Å². The lowest BCUT2D eigenvalue weighted by atomic mass is 10.0. The van der Waals surface area contributed by atoms with Crippen molar-refractivity contribution in [3.8, 4) is 0 Å². The van der Waals surface area contributed by atoms with Gasteiger partial charge in [-0.3, -0.25) is 0 Å². The van der Waals surface area contributed by atoms with Gasteiger partial charge in [-0.15, -0.1) is 0 Å². The lowest BCUT2D eigenvalue weighted by Gasteiger charge is -2.18. The molecule has 0 aromatic rings. The van der Waals surface area contributed by atoms with E-state index in [1.54, 1.807) is 0 Å². The van der Waals surface area contributed by atoms with Crippen LogP contribution in [0, 0.1) is 5.92 Å². The van der Waals surface area contributed by atoms with Crippen LogP contribution in [0.3, 0.4) is 0 Å². The summed E-state index contributed by atoms with van der Waals surface area (Å²) in [4.78, 5) is 7.93. The van der Waals surface area contributed by atoms with E-state index in [9.17, 15) is 0 Å². The molecule has 0 saturated heterocycles. The summed E-state index contributed by atoms with van der Waals surface area (Å²) >= 11 is 0. The van der Waals surface area contributed by atoms with Gasteiger partial charge in [-0.25, -0.2) is 4.99 Å². The van der Waals surface area contributed by atoms with E-state index in [-0.39, 0.29) is 17.5 Å². The van der Waals surface area contributed by atoms with Gasteiger partial charge in [0.05, 0.1) is 5.54 Å². The van der Waals surface area contributed by atoms with Crippen LogP contribution in [0.5, 0.6) is 0 Å². The van der Waals surface area contributed by atoms with Gasteiger partial charge in [0.2, 0.25) is 5.96 Å². The molecule has 0 atom stereocenters. The number of rotatable bonds is 2. The van der Waals surface area contributed by atoms with Gasteiger partial charge >= 0.3 is 0 Å². The van der Waals surface area contributed by atoms with Gasteiger partial charge in [0.15, 0.2) is 5.96 Å². The van der Waals surface area contributed by atoms with Crippen LogP contribution < -0.4 is 17.2 Å². The highest BCUT2D eigenvalue weighted by atomic mass is 15.1. The Morgan fingerprint density at radius 1 is 1.23 bits per heavy atom. The highest BCUT2D eigenvalue weighted by molar-refractivity contribution is 5.92. The molecule has 1 saturated carbocycles. The zero-order valence-electron chi connectivity index (χ0n) is 8.12. The van der Waals surface area contributed by atoms with Crippen molar-refractivity contribution >= 4 is 11.9 Å². The standard InChI is InChI=1S/C8H17N5/c1-8(2,5-3-4-5)13-7(11)12-6(9)10/h5H,3-4H2,1-2H3,(H6,9,10,11,12,13). The molecule has 0 aromatic carbocycles. The SMILES string of the molecule is CC(C)(N=C(N)N=C(N)N)C1CC1. The Hall–Kier alpha value is -1.26. The van der Waals surface area contributed by atoms with Crippen molar-refractivity contribution in [2.75, 3.05) is 0 Å². The highest BCUT2D eigenvalue weighted by Crippen LogP contribution is 2.41. The number of aliphatic imine (C=N–C) groups is 2. The fourth-order valence-electron chi connectivity index (χ4n) is 1.33. The minimum absolute atomic E-state index is 0.0483. The predicted octanol–water partition coefficient (Wildman–Crippen LogP) is -0.237. The Labute approximate surface area is 78.1 Å². The third kappa shape index (κ3) is 2.93. The Morgan fingerprint density at radius 3 is 2.15 bits per heavy atom. The van der Waals surface area contributed by atoms with Gasteiger partial charge in [0.25, 0.3) is 0 Å². The minimum Gasteiger partial charge on any atom is -0.370 e. The zero-order chi connectivity index (χ0) is 10.1. The average Bonchev–Trinajstić information content (AvgIpc) is 2.60. The molecule has 0 amide bonds. The van der Waals surface area contributed by atoms with Crippen molar-refractivity contribution in [3.05, 3.63) is 0 Å². The molecule has 13 heavy (non-hydrogen) atoms. The van der Waals surface area contributed by atoms with E-state index in [1.807, 2.05) is 13.8 Å². The van der Waals surface area contributed by atoms with Gasteiger partial charge in [0, 0.05) is 0 Å². The predicted molar refractivity (Wildman–Crippen MR) is 54.2 cm³/mol. The first-order chi connectivity index (χ1) is 5.92. The summed E-state index contributed by atoms with van der Waals surface area (Å²) in [5, 5.41) is 0. The van der Waals surface area contributed by atoms with Crippen LogP contribution in [0.25, 0.3) is 0 Å². The second-order valence-electron chi connectivity index (χ2n) is 3.93. The molecule has 0 aromatic heterocycles. The molecule has 5 nitrogen and oxygen atoms in total. The Bertz CT molecular complexity index is 245. The Balaban J connectivity index is 2.67. The third-order valence-electron chi connectivity index (χ3n) is 2.22. The van der Waals surface area contributed by atoms with E-state index in [2.05, 4.69) is 9.98 Å². The monoisotopic (exact) mass is 183 g/mol. The van der Waals surface area contributed by atoms with Crippen LogP contribution in [-0.2, 0) is 0 Å². The lowest BCUT2D eigenvalue weighted by molar-refractivity contribution is 0.455. The molecule has 5 heteroatoms. The molecule has 1 fully saturated rings. The van der Waals surface area contributed by atoms with E-state index in [0.717, 1.165) is 0 Å². The third-order valence-corrected chi connectivity index (χ3v) is 2.22. The van der Waals surface area contributed by atoms with Crippen LogP contribution in [-0.4, -0.2) is 17.5 Å². The van der Waals surface area contributed by atoms with Crippen LogP contribution >= 0.6 is 0 Å². The molecule has 6 N–H and O–H groups in total. The topological polar surface area (TPSA) is 103 Å². The van der Waals surface area contributed by atoms with Gasteiger partial charge in [-0.05, 0) is 32.6 Å². The second-order valence-corrected chi connectivity index (χ2v) is 3.93. The quantitative estimate of drug-likeness (QED) is 0.406. The molecule has 1 aliphatic rings. The molecular formula is C8H17N5. The summed E-state index contributed by atoms with van der Waals surface area (Å²) in [6, 6.07) is 0. The maximum atomic E-state index is 5.53. The van der Waals surface area contributed by atoms with Crippen LogP contribution in [0.15, 0.2) is 9.98 Å². The minimum atomic E-state index is -0.136. The van der Waals surface area contributed by atoms with Crippen LogP contribution in [0.4, 0.5) is 0 Å². The van der Waals surface area contributed by atoms with E-state index in [1.165, 1.54) is 12.8 Å². The first-order valence-electron chi connectivity index (χ1n) is 4.37. The van der Waals surface area contributed by atoms with Gasteiger partial charge in [0.1, 0.15) is 0 Å². The molecule has 74 valence electrons. The number of nitrogens with two attached hydrogens (primary N) is 3. The van der Waals surface area contributed by atoms with Crippen molar-refractivity contribution in [2.24, 2.45) is 33.1 Å². The van der Waals surface area contributed by atoms with E-state index in [0.29, 0.717) is 5.92 Å². The average molecular weight is 183 g/mol. The molecule has 0 aliphatic heterocycles. The largest absolute Gasteiger partial charge is 0.370 e. The molecular weight excluding hydrogens is 166 g/mol. The van der Waals surface area contributed by atoms with E-state index >= 15 is 0 Å². The van der Waals surface area contributed by atoms with E-state index < -0.39 is 0 Å². The second kappa shape index (κ2) is 3.24. The molecule has 0 unspecified atom stereocenters. The van der Waals surface area contributed by atoms with Gasteiger partial charge < -0.3 is 17.2 Å². The summed E-state index contributed by atoms with van der Waals surface area (Å²) in [5.74, 6) is 0.741. The number of guanidine groups is 2. The van der Waals surface area contributed by atoms with Crippen molar-refractivity contribution in [2.45, 2.75) is 32.2 Å². The summed E-state index contributed by atoms with van der Waals surface area (Å²) in [7, 11) is 0. The molecule has 1 aliphatic carbocycles. The highest BCUT2D eigenvalue weighted by Gasteiger charge is 2.37. The van der Waals surface area contributed by atoms with Gasteiger partial charge in [-0.1, -0.05) is 0 Å². The first kappa shape index (κ1) is 9.83. The smallest absolute Gasteiger partial charge is 0.219 e. The summed E-state index contributed by atoms with van der Waals surface area (Å²) < 4.78 is 0. The normalized spacial score (nSPS) is 18.5. The Kier molecular flexibility index (Phi) is 2.45. The molecule has 0 bridgehead atoms. The summed E-state index contributed by atoms with van der Waals surface area (Å²) in [6.45, 7) is 4.08.